The van der Waals surface area contributed by atoms with Crippen molar-refractivity contribution in [2.45, 2.75) is 18.8 Å². The van der Waals surface area contributed by atoms with Gasteiger partial charge in [0.05, 0.1) is 11.5 Å². The van der Waals surface area contributed by atoms with Crippen LogP contribution in [0.5, 0.6) is 0 Å². The highest BCUT2D eigenvalue weighted by Gasteiger charge is 2.22. The number of fused-ring (bicyclic) bond motifs is 1. The molecule has 1 aliphatic rings. The van der Waals surface area contributed by atoms with Gasteiger partial charge in [0.15, 0.2) is 0 Å². The number of rotatable bonds is 5. The van der Waals surface area contributed by atoms with Crippen LogP contribution < -0.4 is 5.32 Å². The van der Waals surface area contributed by atoms with E-state index in [0.29, 0.717) is 0 Å². The maximum absolute atomic E-state index is 11.4. The Hall–Kier alpha value is -2.01. The number of amides is 1. The fourth-order valence-corrected chi connectivity index (χ4v) is 1.95. The van der Waals surface area contributed by atoms with Crippen LogP contribution in [0.25, 0.3) is 10.9 Å². The predicted octanol–water partition coefficient (Wildman–Crippen LogP) is 1.92. The van der Waals surface area contributed by atoms with Gasteiger partial charge in [-0.25, -0.2) is 4.79 Å². The zero-order valence-electron chi connectivity index (χ0n) is 24.8. The first-order chi connectivity index (χ1) is 15.6. The van der Waals surface area contributed by atoms with Gasteiger partial charge in [0.25, 0.3) is 0 Å². The zero-order valence-corrected chi connectivity index (χ0v) is 10.8. The largest absolute Gasteiger partial charge is 0.447 e. The summed E-state index contributed by atoms with van der Waals surface area (Å²) in [6.07, 6.45) is -3.85. The predicted molar refractivity (Wildman–Crippen MR) is 82.5 cm³/mol. The van der Waals surface area contributed by atoms with E-state index < -0.39 is 80.6 Å². The van der Waals surface area contributed by atoms with Crippen LogP contribution in [0.2, 0.25) is 0 Å². The molecule has 1 saturated heterocycles. The summed E-state index contributed by atoms with van der Waals surface area (Å²) in [7, 11) is 0. The third kappa shape index (κ3) is 3.19. The van der Waals surface area contributed by atoms with Crippen molar-refractivity contribution >= 4 is 17.0 Å². The lowest BCUT2D eigenvalue weighted by molar-refractivity contribution is 0.177. The molecule has 3 rings (SSSR count). The van der Waals surface area contributed by atoms with Crippen molar-refractivity contribution in [1.29, 1.82) is 0 Å². The number of carbonyl (C=O) groups is 1. The average Bonchev–Trinajstić information content (AvgIpc) is 3.25. The summed E-state index contributed by atoms with van der Waals surface area (Å²) in [5.74, 6) is 0. The molecular weight excluding hydrogens is 266 g/mol. The summed E-state index contributed by atoms with van der Waals surface area (Å²) < 4.78 is 117. The van der Waals surface area contributed by atoms with Gasteiger partial charge in [0, 0.05) is 37.3 Å². The second kappa shape index (κ2) is 5.77. The van der Waals surface area contributed by atoms with Crippen molar-refractivity contribution < 1.29 is 28.7 Å². The number of hydrogen-bond acceptors (Lipinski definition) is 3. The van der Waals surface area contributed by atoms with Crippen molar-refractivity contribution in [3.8, 4) is 0 Å². The van der Waals surface area contributed by atoms with Crippen molar-refractivity contribution in [3.05, 3.63) is 35.5 Å². The second-order valence-corrected chi connectivity index (χ2v) is 4.36. The molecule has 21 heavy (non-hydrogen) atoms. The molecule has 0 unspecified atom stereocenters. The Kier molecular flexibility index (Phi) is 1.38. The van der Waals surface area contributed by atoms with Gasteiger partial charge in [-0.05, 0) is 50.0 Å². The highest BCUT2D eigenvalue weighted by atomic mass is 16.6. The first kappa shape index (κ1) is 5.02. The Labute approximate surface area is 143 Å². The maximum Gasteiger partial charge on any atom is 0.407 e. The number of benzene rings is 1. The van der Waals surface area contributed by atoms with Gasteiger partial charge in [-0.2, -0.15) is 0 Å². The number of aryl methyl sites for hydroxylation is 1. The average molecular weight is 301 g/mol. The van der Waals surface area contributed by atoms with Crippen LogP contribution in [0, 0.1) is 0 Å². The van der Waals surface area contributed by atoms with E-state index in [1.165, 1.54) is 0 Å². The van der Waals surface area contributed by atoms with Crippen LogP contribution in [0.3, 0.4) is 0 Å². The van der Waals surface area contributed by atoms with E-state index in [4.69, 9.17) is 23.9 Å². The number of carbonyl (C=O) groups excluding carboxylic acids is 1. The fraction of sp³-hybridized carbons (Fsp3) is 0.438. The van der Waals surface area contributed by atoms with E-state index in [1.807, 2.05) is 0 Å². The molecule has 0 aliphatic carbocycles. The fourth-order valence-electron chi connectivity index (χ4n) is 1.95. The molecule has 1 aromatic carbocycles. The van der Waals surface area contributed by atoms with Gasteiger partial charge < -0.3 is 19.9 Å². The van der Waals surface area contributed by atoms with E-state index >= 15 is 0 Å². The number of nitrogens with zero attached hydrogens (tertiary/aromatic N) is 1. The number of aromatic nitrogens is 1. The number of alkyl carbamates (subject to hydrolysis) is 1. The molecule has 5 heteroatoms. The molecule has 0 spiro atoms. The lowest BCUT2D eigenvalue weighted by Gasteiger charge is -2.09. The van der Waals surface area contributed by atoms with Crippen LogP contribution in [0.1, 0.15) is 30.3 Å². The number of cyclic esters (lactones) is 1. The van der Waals surface area contributed by atoms with Crippen molar-refractivity contribution in [2.75, 3.05) is 27.1 Å². The van der Waals surface area contributed by atoms with E-state index in [9.17, 15) is 4.79 Å². The SMILES string of the molecule is [2H]c1c(C[C@@]2([2H])COC(=O)N2)c([2H])c2c(C([2H])([2H])C([2H])([2H])N(C([2H])([2H])[2H])C([2H])([2H])[2H])c[nH]c2c1[2H]. The Morgan fingerprint density at radius 1 is 1.62 bits per heavy atom. The van der Waals surface area contributed by atoms with E-state index in [1.54, 1.807) is 0 Å². The molecule has 0 bridgehead atoms. The quantitative estimate of drug-likeness (QED) is 0.887. The molecule has 2 N–H and O–H groups in total. The summed E-state index contributed by atoms with van der Waals surface area (Å²) >= 11 is 0. The Bertz CT molecular complexity index is 1160. The first-order valence-electron chi connectivity index (χ1n) is 13.0. The number of nitrogens with one attached hydrogen (secondary N) is 2. The topological polar surface area (TPSA) is 57.4 Å². The Morgan fingerprint density at radius 3 is 3.29 bits per heavy atom. The van der Waals surface area contributed by atoms with E-state index in [2.05, 4.69) is 10.3 Å². The Balaban J connectivity index is 2.24. The molecule has 2 aromatic rings. The van der Waals surface area contributed by atoms with E-state index in [0.717, 1.165) is 6.20 Å². The highest BCUT2D eigenvalue weighted by molar-refractivity contribution is 5.84. The molecule has 1 atom stereocenters. The van der Waals surface area contributed by atoms with Gasteiger partial charge in [-0.3, -0.25) is 0 Å². The molecule has 1 amide bonds. The van der Waals surface area contributed by atoms with Gasteiger partial charge in [0.1, 0.15) is 6.61 Å². The van der Waals surface area contributed by atoms with Gasteiger partial charge in [0.2, 0.25) is 0 Å². The van der Waals surface area contributed by atoms with Gasteiger partial charge in [-0.1, -0.05) is 6.04 Å². The summed E-state index contributed by atoms with van der Waals surface area (Å²) in [5, 5.41) is 1.83. The molecule has 0 saturated carbocycles. The molecule has 1 fully saturated rings. The van der Waals surface area contributed by atoms with Crippen LogP contribution in [-0.2, 0) is 17.5 Å². The standard InChI is InChI=1S/C16H21N3O2/c1-19(2)6-5-12-9-17-15-4-3-11(8-14(12)15)7-13-10-21-16(20)18-13/h3-4,8-9,13,17H,5-7,10H2,1-2H3,(H,18,20)/t13-/m0/s1/i1D3,2D3,3D,4D,5D2,6D2,8D,13D. The molecule has 1 aliphatic heterocycles. The minimum atomic E-state index is -3.67. The summed E-state index contributed by atoms with van der Waals surface area (Å²) in [5.41, 5.74) is -1.14. The lowest BCUT2D eigenvalue weighted by Crippen LogP contribution is -2.28. The minimum Gasteiger partial charge on any atom is -0.447 e. The summed E-state index contributed by atoms with van der Waals surface area (Å²) in [6.45, 7) is -11.2. The smallest absolute Gasteiger partial charge is 0.407 e. The minimum absolute atomic E-state index is 0.238. The molecule has 1 aromatic heterocycles. The number of H-pyrrole nitrogens is 1. The van der Waals surface area contributed by atoms with Crippen molar-refractivity contribution in [1.82, 2.24) is 15.2 Å². The molecule has 5 nitrogen and oxygen atoms in total. The molecule has 112 valence electrons. The number of aromatic amines is 1. The van der Waals surface area contributed by atoms with Crippen LogP contribution in [-0.4, -0.2) is 49.1 Å². The lowest BCUT2D eigenvalue weighted by atomic mass is 10.0. The molecular formula is C16H21N3O2. The summed E-state index contributed by atoms with van der Waals surface area (Å²) in [4.78, 5) is 13.4. The normalized spacial score (nSPS) is 34.0. The van der Waals surface area contributed by atoms with Crippen LogP contribution in [0.4, 0.5) is 4.79 Å². The summed E-state index contributed by atoms with van der Waals surface area (Å²) in [6, 6.07) is -3.38. The third-order valence-electron chi connectivity index (χ3n) is 2.84. The van der Waals surface area contributed by atoms with Crippen molar-refractivity contribution in [2.24, 2.45) is 0 Å². The number of hydrogen-bond donors (Lipinski definition) is 2. The maximum atomic E-state index is 11.4. The van der Waals surface area contributed by atoms with Crippen LogP contribution >= 0.6 is 0 Å². The highest BCUT2D eigenvalue weighted by Crippen LogP contribution is 2.21. The molecule has 0 radical (unpaired) electrons. The Morgan fingerprint density at radius 2 is 2.52 bits per heavy atom. The molecule has 2 heterocycles. The number of ether oxygens (including phenoxy) is 1. The third-order valence-corrected chi connectivity index (χ3v) is 2.84. The monoisotopic (exact) mass is 301 g/mol. The zero-order chi connectivity index (χ0) is 26.9. The first-order valence-corrected chi connectivity index (χ1v) is 6.01. The van der Waals surface area contributed by atoms with Gasteiger partial charge >= 0.3 is 6.09 Å². The van der Waals surface area contributed by atoms with Crippen LogP contribution in [0.15, 0.2) is 24.3 Å². The number of likely N-dealkylation sites (N-methyl/N-ethyl adjacent to an activating group) is 1. The second-order valence-electron chi connectivity index (χ2n) is 4.36. The van der Waals surface area contributed by atoms with Crippen molar-refractivity contribution in [3.63, 3.8) is 0 Å². The van der Waals surface area contributed by atoms with Gasteiger partial charge in [-0.15, -0.1) is 0 Å². The van der Waals surface area contributed by atoms with E-state index in [-0.39, 0.29) is 16.5 Å².